The van der Waals surface area contributed by atoms with Crippen molar-refractivity contribution < 1.29 is 4.42 Å². The number of aromatic nitrogens is 1. The third-order valence-corrected chi connectivity index (χ3v) is 11.0. The van der Waals surface area contributed by atoms with E-state index in [1.165, 1.54) is 21.9 Å². The summed E-state index contributed by atoms with van der Waals surface area (Å²) in [6.07, 6.45) is 0. The van der Waals surface area contributed by atoms with Crippen LogP contribution in [0.3, 0.4) is 0 Å². The van der Waals surface area contributed by atoms with Crippen molar-refractivity contribution in [3.63, 3.8) is 0 Å². The van der Waals surface area contributed by atoms with Crippen LogP contribution < -0.4 is 4.90 Å². The van der Waals surface area contributed by atoms with E-state index < -0.39 is 0 Å². The largest absolute Gasteiger partial charge is 0.435 e. The molecule has 0 aliphatic carbocycles. The van der Waals surface area contributed by atoms with Gasteiger partial charge in [0.2, 0.25) is 5.89 Å². The number of benzene rings is 10. The van der Waals surface area contributed by atoms with Crippen molar-refractivity contribution in [3.8, 4) is 33.7 Å². The summed E-state index contributed by atoms with van der Waals surface area (Å²) in [5.74, 6) is 0.626. The van der Waals surface area contributed by atoms with Gasteiger partial charge in [-0.2, -0.15) is 0 Å². The first-order chi connectivity index (χ1) is 27.8. The van der Waals surface area contributed by atoms with Gasteiger partial charge in [-0.25, -0.2) is 4.98 Å². The van der Waals surface area contributed by atoms with Crippen LogP contribution in [0, 0.1) is 0 Å². The van der Waals surface area contributed by atoms with Crippen molar-refractivity contribution in [2.24, 2.45) is 0 Å². The highest BCUT2D eigenvalue weighted by molar-refractivity contribution is 6.28. The van der Waals surface area contributed by atoms with Gasteiger partial charge in [0.05, 0.1) is 11.4 Å². The minimum Gasteiger partial charge on any atom is -0.435 e. The van der Waals surface area contributed by atoms with Crippen LogP contribution in [0.5, 0.6) is 0 Å². The molecule has 0 unspecified atom stereocenters. The number of anilines is 3. The Balaban J connectivity index is 1.20. The van der Waals surface area contributed by atoms with Crippen molar-refractivity contribution in [1.82, 2.24) is 4.98 Å². The summed E-state index contributed by atoms with van der Waals surface area (Å²) in [4.78, 5) is 7.41. The molecule has 0 N–H and O–H groups in total. The molecule has 0 amide bonds. The van der Waals surface area contributed by atoms with Gasteiger partial charge in [-0.3, -0.25) is 0 Å². The van der Waals surface area contributed by atoms with Gasteiger partial charge in [0, 0.05) is 33.0 Å². The van der Waals surface area contributed by atoms with Gasteiger partial charge < -0.3 is 9.32 Å². The monoisotopic (exact) mass is 714 g/mol. The van der Waals surface area contributed by atoms with Crippen LogP contribution in [0.1, 0.15) is 0 Å². The van der Waals surface area contributed by atoms with E-state index in [0.29, 0.717) is 5.89 Å². The number of hydrogen-bond acceptors (Lipinski definition) is 3. The molecule has 11 rings (SSSR count). The molecule has 0 saturated carbocycles. The predicted octanol–water partition coefficient (Wildman–Crippen LogP) is 14.9. The second-order valence-corrected chi connectivity index (χ2v) is 14.3. The Hall–Kier alpha value is -7.49. The molecule has 262 valence electrons. The van der Waals surface area contributed by atoms with E-state index in [1.807, 2.05) is 30.3 Å². The van der Waals surface area contributed by atoms with E-state index in [4.69, 9.17) is 9.40 Å². The molecule has 0 atom stereocenters. The summed E-state index contributed by atoms with van der Waals surface area (Å²) in [6.45, 7) is 0. The van der Waals surface area contributed by atoms with Crippen LogP contribution >= 0.6 is 0 Å². The van der Waals surface area contributed by atoms with Crippen LogP contribution in [-0.2, 0) is 0 Å². The van der Waals surface area contributed by atoms with Crippen LogP contribution in [-0.4, -0.2) is 4.98 Å². The summed E-state index contributed by atoms with van der Waals surface area (Å²) in [6, 6.07) is 73.6. The fourth-order valence-electron chi connectivity index (χ4n) is 8.49. The summed E-state index contributed by atoms with van der Waals surface area (Å²) < 4.78 is 6.67. The summed E-state index contributed by atoms with van der Waals surface area (Å²) >= 11 is 0. The zero-order chi connectivity index (χ0) is 37.0. The van der Waals surface area contributed by atoms with E-state index in [-0.39, 0.29) is 0 Å². The fraction of sp³-hybridized carbons (Fsp3) is 0. The fourth-order valence-corrected chi connectivity index (χ4v) is 8.49. The second-order valence-electron chi connectivity index (χ2n) is 14.3. The molecule has 0 bridgehead atoms. The molecule has 3 nitrogen and oxygen atoms in total. The van der Waals surface area contributed by atoms with Gasteiger partial charge in [0.25, 0.3) is 0 Å². The number of fused-ring (bicyclic) bond motifs is 8. The summed E-state index contributed by atoms with van der Waals surface area (Å²) in [5, 5.41) is 9.24. The lowest BCUT2D eigenvalue weighted by Gasteiger charge is -2.30. The van der Waals surface area contributed by atoms with E-state index in [1.54, 1.807) is 0 Å². The van der Waals surface area contributed by atoms with Crippen LogP contribution in [0.2, 0.25) is 0 Å². The van der Waals surface area contributed by atoms with Gasteiger partial charge in [0.15, 0.2) is 5.58 Å². The van der Waals surface area contributed by atoms with Gasteiger partial charge in [-0.1, -0.05) is 164 Å². The molecule has 11 aromatic rings. The molecule has 10 aromatic carbocycles. The molecule has 0 saturated heterocycles. The van der Waals surface area contributed by atoms with E-state index >= 15 is 0 Å². The SMILES string of the molecule is c1ccc(-c2nc3ccc4ccc5cc(N(c6cccc(-c7cccc8ccccc78)c6)c6ccccc6-c6ccccc6)c6ccccc6c5c4c3o2)cc1. The molecule has 0 aliphatic rings. The number of oxazole rings is 1. The van der Waals surface area contributed by atoms with Crippen molar-refractivity contribution in [2.45, 2.75) is 0 Å². The first-order valence-electron chi connectivity index (χ1n) is 19.0. The normalized spacial score (nSPS) is 11.6. The number of hydrogen-bond donors (Lipinski definition) is 0. The molecule has 0 radical (unpaired) electrons. The van der Waals surface area contributed by atoms with Gasteiger partial charge in [-0.05, 0) is 86.1 Å². The maximum atomic E-state index is 6.67. The van der Waals surface area contributed by atoms with Crippen LogP contribution in [0.15, 0.2) is 211 Å². The quantitative estimate of drug-likeness (QED) is 0.161. The third kappa shape index (κ3) is 5.25. The topological polar surface area (TPSA) is 29.3 Å². The Kier molecular flexibility index (Phi) is 7.49. The maximum Gasteiger partial charge on any atom is 0.227 e. The van der Waals surface area contributed by atoms with Crippen molar-refractivity contribution >= 4 is 71.3 Å². The smallest absolute Gasteiger partial charge is 0.227 e. The highest BCUT2D eigenvalue weighted by atomic mass is 16.3. The lowest BCUT2D eigenvalue weighted by Crippen LogP contribution is -2.12. The third-order valence-electron chi connectivity index (χ3n) is 11.0. The Morgan fingerprint density at radius 1 is 0.375 bits per heavy atom. The van der Waals surface area contributed by atoms with E-state index in [9.17, 15) is 0 Å². The molecular formula is C53H34N2O. The molecule has 0 aliphatic heterocycles. The molecule has 0 spiro atoms. The average Bonchev–Trinajstić information content (AvgIpc) is 3.72. The molecule has 56 heavy (non-hydrogen) atoms. The summed E-state index contributed by atoms with van der Waals surface area (Å²) in [5.41, 5.74) is 10.6. The van der Waals surface area contributed by atoms with Crippen LogP contribution in [0.4, 0.5) is 17.1 Å². The van der Waals surface area contributed by atoms with Crippen molar-refractivity contribution in [1.29, 1.82) is 0 Å². The molecule has 1 heterocycles. The lowest BCUT2D eigenvalue weighted by molar-refractivity contribution is 0.623. The number of nitrogens with zero attached hydrogens (tertiary/aromatic N) is 2. The first kappa shape index (κ1) is 32.0. The van der Waals surface area contributed by atoms with Gasteiger partial charge >= 0.3 is 0 Å². The Morgan fingerprint density at radius 2 is 1.00 bits per heavy atom. The van der Waals surface area contributed by atoms with Crippen LogP contribution in [0.25, 0.3) is 87.9 Å². The van der Waals surface area contributed by atoms with Gasteiger partial charge in [-0.15, -0.1) is 0 Å². The average molecular weight is 715 g/mol. The molecular weight excluding hydrogens is 681 g/mol. The molecule has 1 aromatic heterocycles. The number of para-hydroxylation sites is 1. The minimum absolute atomic E-state index is 0.626. The second kappa shape index (κ2) is 13.1. The maximum absolute atomic E-state index is 6.67. The van der Waals surface area contributed by atoms with E-state index in [0.717, 1.165) is 77.2 Å². The Bertz CT molecular complexity index is 3250. The standard InChI is InChI=1S/C53H34N2O/c1-3-15-36(16-4-1)44-24-11-12-28-48(44)55(41-22-13-21-39(33-41)43-27-14-20-35-17-7-8-23-42(35)43)49-34-40-30-29-37-31-32-47-52(56-53(54-47)38-18-5-2-6-19-38)51(37)50(40)46-26-10-9-25-45(46)49/h1-34H. The van der Waals surface area contributed by atoms with Crippen molar-refractivity contribution in [2.75, 3.05) is 4.90 Å². The Morgan fingerprint density at radius 3 is 1.86 bits per heavy atom. The lowest BCUT2D eigenvalue weighted by atomic mass is 9.93. The summed E-state index contributed by atoms with van der Waals surface area (Å²) in [7, 11) is 0. The van der Waals surface area contributed by atoms with Crippen molar-refractivity contribution in [3.05, 3.63) is 206 Å². The number of rotatable bonds is 6. The predicted molar refractivity (Wildman–Crippen MR) is 235 cm³/mol. The van der Waals surface area contributed by atoms with Gasteiger partial charge in [0.1, 0.15) is 5.52 Å². The first-order valence-corrected chi connectivity index (χ1v) is 19.0. The highest BCUT2D eigenvalue weighted by Crippen LogP contribution is 2.48. The molecule has 0 fully saturated rings. The van der Waals surface area contributed by atoms with E-state index in [2.05, 4.69) is 181 Å². The Labute approximate surface area is 324 Å². The molecule has 3 heteroatoms. The minimum atomic E-state index is 0.626. The zero-order valence-corrected chi connectivity index (χ0v) is 30.4. The zero-order valence-electron chi connectivity index (χ0n) is 30.4. The highest BCUT2D eigenvalue weighted by Gasteiger charge is 2.23.